The van der Waals surface area contributed by atoms with Gasteiger partial charge in [-0.3, -0.25) is 9.59 Å². The lowest BCUT2D eigenvalue weighted by Crippen LogP contribution is -2.30. The van der Waals surface area contributed by atoms with Crippen molar-refractivity contribution in [1.29, 1.82) is 0 Å². The van der Waals surface area contributed by atoms with Crippen LogP contribution in [0.15, 0.2) is 24.3 Å². The van der Waals surface area contributed by atoms with Crippen LogP contribution in [0.5, 0.6) is 0 Å². The van der Waals surface area contributed by atoms with Gasteiger partial charge in [0.1, 0.15) is 0 Å². The number of esters is 1. The average Bonchev–Trinajstić information content (AvgIpc) is 3.01. The van der Waals surface area contributed by atoms with Crippen molar-refractivity contribution in [2.75, 3.05) is 6.61 Å². The van der Waals surface area contributed by atoms with Crippen molar-refractivity contribution in [3.63, 3.8) is 0 Å². The Labute approximate surface area is 144 Å². The second kappa shape index (κ2) is 8.32. The van der Waals surface area contributed by atoms with Crippen LogP contribution in [0.25, 0.3) is 0 Å². The molecule has 1 N–H and O–H groups in total. The van der Waals surface area contributed by atoms with E-state index in [0.717, 1.165) is 24.8 Å². The fraction of sp³-hybridized carbons (Fsp3) is 0.600. The molecule has 1 aromatic rings. The Kier molecular flexibility index (Phi) is 6.41. The normalized spacial score (nSPS) is 23.2. The Morgan fingerprint density at radius 3 is 2.33 bits per heavy atom. The van der Waals surface area contributed by atoms with Crippen molar-refractivity contribution in [2.24, 2.45) is 11.3 Å². The third kappa shape index (κ3) is 4.37. The highest BCUT2D eigenvalue weighted by molar-refractivity contribution is 5.79. The van der Waals surface area contributed by atoms with E-state index in [4.69, 9.17) is 4.74 Å². The topological polar surface area (TPSA) is 63.6 Å². The Morgan fingerprint density at radius 1 is 1.17 bits per heavy atom. The molecule has 0 radical (unpaired) electrons. The molecule has 4 heteroatoms. The summed E-state index contributed by atoms with van der Waals surface area (Å²) in [5.74, 6) is -1.30. The molecule has 0 aromatic heterocycles. The number of carboxylic acid groups (broad SMARTS) is 1. The fourth-order valence-electron chi connectivity index (χ4n) is 3.66. The van der Waals surface area contributed by atoms with E-state index in [9.17, 15) is 14.7 Å². The van der Waals surface area contributed by atoms with Gasteiger partial charge in [-0.1, -0.05) is 37.6 Å². The van der Waals surface area contributed by atoms with Crippen LogP contribution in [-0.2, 0) is 27.2 Å². The van der Waals surface area contributed by atoms with Gasteiger partial charge in [-0.05, 0) is 56.6 Å². The third-order valence-electron chi connectivity index (χ3n) is 5.14. The van der Waals surface area contributed by atoms with Crippen molar-refractivity contribution in [2.45, 2.75) is 58.8 Å². The number of carboxylic acids is 1. The zero-order valence-electron chi connectivity index (χ0n) is 14.7. The Balaban J connectivity index is 1.99. The summed E-state index contributed by atoms with van der Waals surface area (Å²) >= 11 is 0. The maximum Gasteiger partial charge on any atom is 0.309 e. The van der Waals surface area contributed by atoms with Crippen molar-refractivity contribution >= 4 is 11.9 Å². The molecule has 132 valence electrons. The van der Waals surface area contributed by atoms with E-state index >= 15 is 0 Å². The molecule has 2 rings (SSSR count). The summed E-state index contributed by atoms with van der Waals surface area (Å²) < 4.78 is 5.07. The third-order valence-corrected chi connectivity index (χ3v) is 5.14. The minimum Gasteiger partial charge on any atom is -0.481 e. The summed E-state index contributed by atoms with van der Waals surface area (Å²) in [7, 11) is 0. The van der Waals surface area contributed by atoms with E-state index in [-0.39, 0.29) is 11.9 Å². The largest absolute Gasteiger partial charge is 0.481 e. The maximum absolute atomic E-state index is 11.9. The number of ether oxygens (including phenoxy) is 1. The molecule has 2 atom stereocenters. The predicted molar refractivity (Wildman–Crippen MR) is 92.8 cm³/mol. The first-order chi connectivity index (χ1) is 11.5. The smallest absolute Gasteiger partial charge is 0.309 e. The van der Waals surface area contributed by atoms with Crippen LogP contribution < -0.4 is 0 Å². The fourth-order valence-corrected chi connectivity index (χ4v) is 3.66. The summed E-state index contributed by atoms with van der Waals surface area (Å²) in [6, 6.07) is 8.45. The van der Waals surface area contributed by atoms with E-state index in [1.165, 1.54) is 5.56 Å². The summed E-state index contributed by atoms with van der Waals surface area (Å²) in [4.78, 5) is 23.8. The molecular formula is C20H28O4. The highest BCUT2D eigenvalue weighted by Gasteiger charge is 2.47. The summed E-state index contributed by atoms with van der Waals surface area (Å²) in [5.41, 5.74) is 1.69. The zero-order valence-corrected chi connectivity index (χ0v) is 14.7. The van der Waals surface area contributed by atoms with Crippen LogP contribution in [0.3, 0.4) is 0 Å². The second-order valence-corrected chi connectivity index (χ2v) is 6.84. The summed E-state index contributed by atoms with van der Waals surface area (Å²) in [5, 5.41) is 9.73. The van der Waals surface area contributed by atoms with Gasteiger partial charge >= 0.3 is 11.9 Å². The molecule has 1 aliphatic carbocycles. The molecule has 0 bridgehead atoms. The molecule has 0 amide bonds. The Morgan fingerprint density at radius 2 is 1.79 bits per heavy atom. The average molecular weight is 332 g/mol. The number of benzene rings is 1. The number of aryl methyl sites for hydroxylation is 2. The highest BCUT2D eigenvalue weighted by Crippen LogP contribution is 2.45. The lowest BCUT2D eigenvalue weighted by Gasteiger charge is -2.24. The van der Waals surface area contributed by atoms with E-state index in [1.807, 2.05) is 0 Å². The minimum absolute atomic E-state index is 0.246. The second-order valence-electron chi connectivity index (χ2n) is 6.84. The Bertz CT molecular complexity index is 564. The molecule has 1 fully saturated rings. The molecule has 1 saturated carbocycles. The minimum atomic E-state index is -0.792. The van der Waals surface area contributed by atoms with Crippen molar-refractivity contribution in [1.82, 2.24) is 0 Å². The van der Waals surface area contributed by atoms with E-state index in [0.29, 0.717) is 32.3 Å². The SMILES string of the molecule is CCCc1ccc(CCC2(C(=O)O)CCC(C(=O)OCC)C2)cc1. The van der Waals surface area contributed by atoms with Gasteiger partial charge in [0, 0.05) is 0 Å². The lowest BCUT2D eigenvalue weighted by molar-refractivity contribution is -0.151. The number of hydrogen-bond acceptors (Lipinski definition) is 3. The van der Waals surface area contributed by atoms with E-state index in [1.54, 1.807) is 6.92 Å². The Hall–Kier alpha value is -1.84. The molecule has 1 aromatic carbocycles. The molecule has 0 heterocycles. The number of hydrogen-bond donors (Lipinski definition) is 1. The van der Waals surface area contributed by atoms with Crippen LogP contribution in [0.2, 0.25) is 0 Å². The molecule has 4 nitrogen and oxygen atoms in total. The van der Waals surface area contributed by atoms with Crippen molar-refractivity contribution in [3.05, 3.63) is 35.4 Å². The van der Waals surface area contributed by atoms with Crippen LogP contribution in [-0.4, -0.2) is 23.7 Å². The van der Waals surface area contributed by atoms with Crippen molar-refractivity contribution in [3.8, 4) is 0 Å². The standard InChI is InChI=1S/C20H28O4/c1-3-5-15-6-8-16(9-7-15)10-12-20(19(22)23)13-11-17(14-20)18(21)24-4-2/h6-9,17H,3-5,10-14H2,1-2H3,(H,22,23). The molecule has 1 aliphatic rings. The molecular weight excluding hydrogens is 304 g/mol. The van der Waals surface area contributed by atoms with Gasteiger partial charge in [-0.15, -0.1) is 0 Å². The van der Waals surface area contributed by atoms with Gasteiger partial charge in [0.2, 0.25) is 0 Å². The predicted octanol–water partition coefficient (Wildman–Crippen LogP) is 4.01. The molecule has 2 unspecified atom stereocenters. The summed E-state index contributed by atoms with van der Waals surface area (Å²) in [6.07, 6.45) is 5.06. The van der Waals surface area contributed by atoms with E-state index in [2.05, 4.69) is 31.2 Å². The first kappa shape index (κ1) is 18.5. The monoisotopic (exact) mass is 332 g/mol. The van der Waals surface area contributed by atoms with Gasteiger partial charge in [0.15, 0.2) is 0 Å². The number of carbonyl (C=O) groups excluding carboxylic acids is 1. The lowest BCUT2D eigenvalue weighted by atomic mass is 9.79. The molecule has 24 heavy (non-hydrogen) atoms. The van der Waals surface area contributed by atoms with Gasteiger partial charge in [-0.25, -0.2) is 0 Å². The van der Waals surface area contributed by atoms with Gasteiger partial charge in [0.25, 0.3) is 0 Å². The number of rotatable bonds is 8. The van der Waals surface area contributed by atoms with Crippen LogP contribution in [0, 0.1) is 11.3 Å². The summed E-state index contributed by atoms with van der Waals surface area (Å²) in [6.45, 7) is 4.28. The number of aliphatic carboxylic acids is 1. The van der Waals surface area contributed by atoms with Crippen molar-refractivity contribution < 1.29 is 19.4 Å². The van der Waals surface area contributed by atoms with Gasteiger partial charge in [-0.2, -0.15) is 0 Å². The molecule has 0 saturated heterocycles. The van der Waals surface area contributed by atoms with E-state index < -0.39 is 11.4 Å². The van der Waals surface area contributed by atoms with Crippen LogP contribution in [0.4, 0.5) is 0 Å². The van der Waals surface area contributed by atoms with Crippen LogP contribution in [0.1, 0.15) is 57.1 Å². The van der Waals surface area contributed by atoms with Gasteiger partial charge in [0.05, 0.1) is 17.9 Å². The first-order valence-electron chi connectivity index (χ1n) is 8.98. The quantitative estimate of drug-likeness (QED) is 0.731. The maximum atomic E-state index is 11.9. The van der Waals surface area contributed by atoms with Crippen LogP contribution >= 0.6 is 0 Å². The van der Waals surface area contributed by atoms with Gasteiger partial charge < -0.3 is 9.84 Å². The number of carbonyl (C=O) groups is 2. The zero-order chi connectivity index (χ0) is 17.6. The highest BCUT2D eigenvalue weighted by atomic mass is 16.5. The molecule has 0 aliphatic heterocycles. The first-order valence-corrected chi connectivity index (χ1v) is 8.98. The molecule has 0 spiro atoms.